The summed E-state index contributed by atoms with van der Waals surface area (Å²) in [6.45, 7) is 3.19. The Morgan fingerprint density at radius 1 is 1.65 bits per heavy atom. The van der Waals surface area contributed by atoms with E-state index in [1.54, 1.807) is 17.9 Å². The number of morpholine rings is 1. The van der Waals surface area contributed by atoms with Crippen molar-refractivity contribution < 1.29 is 13.9 Å². The molecule has 1 aliphatic rings. The van der Waals surface area contributed by atoms with Gasteiger partial charge in [-0.3, -0.25) is 4.79 Å². The van der Waals surface area contributed by atoms with Crippen molar-refractivity contribution in [2.45, 2.75) is 13.0 Å². The van der Waals surface area contributed by atoms with Crippen molar-refractivity contribution in [1.82, 2.24) is 4.90 Å². The van der Waals surface area contributed by atoms with Crippen LogP contribution in [0.3, 0.4) is 0 Å². The van der Waals surface area contributed by atoms with Gasteiger partial charge in [0.25, 0.3) is 5.91 Å². The van der Waals surface area contributed by atoms with Gasteiger partial charge in [-0.2, -0.15) is 0 Å². The predicted octanol–water partition coefficient (Wildman–Crippen LogP) is 0.715. The van der Waals surface area contributed by atoms with Crippen LogP contribution in [0.5, 0.6) is 0 Å². The molecule has 1 aliphatic heterocycles. The van der Waals surface area contributed by atoms with Crippen molar-refractivity contribution in [3.05, 3.63) is 23.7 Å². The minimum Gasteiger partial charge on any atom is -0.469 e. The van der Waals surface area contributed by atoms with Crippen LogP contribution in [-0.4, -0.2) is 41.6 Å². The number of nitrogens with zero attached hydrogens (tertiary/aromatic N) is 1. The fourth-order valence-corrected chi connectivity index (χ4v) is 1.89. The molecule has 0 aromatic carbocycles. The average Bonchev–Trinajstić information content (AvgIpc) is 2.75. The summed E-state index contributed by atoms with van der Waals surface area (Å²) in [6, 6.07) is 1.72. The second-order valence-electron chi connectivity index (χ2n) is 3.96. The first-order valence-corrected chi connectivity index (χ1v) is 5.74. The molecule has 17 heavy (non-hydrogen) atoms. The molecule has 1 saturated heterocycles. The number of furan rings is 1. The molecule has 1 aromatic rings. The average molecular weight is 254 g/mol. The highest BCUT2D eigenvalue weighted by atomic mass is 32.1. The highest BCUT2D eigenvalue weighted by Crippen LogP contribution is 2.13. The Labute approximate surface area is 105 Å². The summed E-state index contributed by atoms with van der Waals surface area (Å²) in [7, 11) is 0. The molecular weight excluding hydrogens is 240 g/mol. The lowest BCUT2D eigenvalue weighted by Crippen LogP contribution is -2.49. The van der Waals surface area contributed by atoms with Gasteiger partial charge in [0.05, 0.1) is 18.7 Å². The number of hydrogen-bond acceptors (Lipinski definition) is 4. The summed E-state index contributed by atoms with van der Waals surface area (Å²) in [5, 5.41) is 0. The third kappa shape index (κ3) is 2.65. The third-order valence-electron chi connectivity index (χ3n) is 2.65. The van der Waals surface area contributed by atoms with Gasteiger partial charge < -0.3 is 19.8 Å². The van der Waals surface area contributed by atoms with Gasteiger partial charge >= 0.3 is 0 Å². The van der Waals surface area contributed by atoms with E-state index in [2.05, 4.69) is 0 Å². The molecule has 1 amide bonds. The molecule has 6 heteroatoms. The zero-order valence-electron chi connectivity index (χ0n) is 9.51. The standard InChI is InChI=1S/C11H14N2O3S/c1-7-4-8(6-16-7)11(14)13-2-3-15-9(5-13)10(12)17/h4,6,9H,2-3,5H2,1H3,(H2,12,17). The Hall–Kier alpha value is -1.40. The number of carbonyl (C=O) groups is 1. The normalized spacial score (nSPS) is 20.3. The summed E-state index contributed by atoms with van der Waals surface area (Å²) in [6.07, 6.45) is 1.11. The molecule has 92 valence electrons. The second kappa shape index (κ2) is 4.85. The maximum absolute atomic E-state index is 12.1. The number of rotatable bonds is 2. The molecule has 0 spiro atoms. The molecule has 5 nitrogen and oxygen atoms in total. The minimum absolute atomic E-state index is 0.0774. The van der Waals surface area contributed by atoms with Gasteiger partial charge in [0, 0.05) is 6.54 Å². The summed E-state index contributed by atoms with van der Waals surface area (Å²) in [5.74, 6) is 0.638. The quantitative estimate of drug-likeness (QED) is 0.787. The van der Waals surface area contributed by atoms with E-state index in [0.717, 1.165) is 0 Å². The van der Waals surface area contributed by atoms with E-state index in [4.69, 9.17) is 27.1 Å². The molecule has 1 aromatic heterocycles. The van der Waals surface area contributed by atoms with Crippen molar-refractivity contribution >= 4 is 23.1 Å². The first-order chi connectivity index (χ1) is 8.08. The van der Waals surface area contributed by atoms with E-state index in [1.165, 1.54) is 6.26 Å². The van der Waals surface area contributed by atoms with E-state index in [-0.39, 0.29) is 17.0 Å². The lowest BCUT2D eigenvalue weighted by Gasteiger charge is -2.32. The summed E-state index contributed by atoms with van der Waals surface area (Å²) < 4.78 is 10.5. The van der Waals surface area contributed by atoms with Gasteiger partial charge in [-0.15, -0.1) is 0 Å². The Balaban J connectivity index is 2.07. The zero-order valence-corrected chi connectivity index (χ0v) is 10.3. The minimum atomic E-state index is -0.351. The lowest BCUT2D eigenvalue weighted by molar-refractivity contribution is 0.00875. The number of amides is 1. The maximum Gasteiger partial charge on any atom is 0.257 e. The van der Waals surface area contributed by atoms with Crippen LogP contribution in [0.4, 0.5) is 0 Å². The Kier molecular flexibility index (Phi) is 3.44. The van der Waals surface area contributed by atoms with Gasteiger partial charge in [-0.1, -0.05) is 12.2 Å². The van der Waals surface area contributed by atoms with Crippen LogP contribution >= 0.6 is 12.2 Å². The van der Waals surface area contributed by atoms with Crippen molar-refractivity contribution in [2.75, 3.05) is 19.7 Å². The van der Waals surface area contributed by atoms with Crippen molar-refractivity contribution in [1.29, 1.82) is 0 Å². The third-order valence-corrected chi connectivity index (χ3v) is 2.91. The van der Waals surface area contributed by atoms with E-state index >= 15 is 0 Å². The van der Waals surface area contributed by atoms with Gasteiger partial charge in [-0.25, -0.2) is 0 Å². The smallest absolute Gasteiger partial charge is 0.257 e. The van der Waals surface area contributed by atoms with E-state index < -0.39 is 0 Å². The molecule has 0 bridgehead atoms. The SMILES string of the molecule is Cc1cc(C(=O)N2CCOC(C(N)=S)C2)co1. The molecule has 1 fully saturated rings. The molecule has 2 heterocycles. The number of hydrogen-bond donors (Lipinski definition) is 1. The topological polar surface area (TPSA) is 68.7 Å². The largest absolute Gasteiger partial charge is 0.469 e. The molecule has 0 radical (unpaired) electrons. The van der Waals surface area contributed by atoms with Crippen LogP contribution in [0.2, 0.25) is 0 Å². The molecule has 1 unspecified atom stereocenters. The lowest BCUT2D eigenvalue weighted by atomic mass is 10.2. The van der Waals surface area contributed by atoms with Crippen LogP contribution in [0.15, 0.2) is 16.7 Å². The summed E-state index contributed by atoms with van der Waals surface area (Å²) >= 11 is 4.87. The fraction of sp³-hybridized carbons (Fsp3) is 0.455. The van der Waals surface area contributed by atoms with E-state index in [9.17, 15) is 4.79 Å². The zero-order chi connectivity index (χ0) is 12.4. The second-order valence-corrected chi connectivity index (χ2v) is 4.43. The van der Waals surface area contributed by atoms with Gasteiger partial charge in [0.1, 0.15) is 23.1 Å². The Morgan fingerprint density at radius 2 is 2.41 bits per heavy atom. The molecule has 1 atom stereocenters. The highest BCUT2D eigenvalue weighted by Gasteiger charge is 2.27. The molecule has 2 rings (SSSR count). The molecule has 0 saturated carbocycles. The van der Waals surface area contributed by atoms with Crippen molar-refractivity contribution in [2.24, 2.45) is 5.73 Å². The number of nitrogens with two attached hydrogens (primary N) is 1. The van der Waals surface area contributed by atoms with Crippen molar-refractivity contribution in [3.63, 3.8) is 0 Å². The number of carbonyl (C=O) groups excluding carboxylic acids is 1. The van der Waals surface area contributed by atoms with Gasteiger partial charge in [0.15, 0.2) is 0 Å². The Bertz CT molecular complexity index is 444. The van der Waals surface area contributed by atoms with Crippen molar-refractivity contribution in [3.8, 4) is 0 Å². The van der Waals surface area contributed by atoms with Crippen LogP contribution in [0.1, 0.15) is 16.1 Å². The number of aryl methyl sites for hydroxylation is 1. The van der Waals surface area contributed by atoms with Crippen LogP contribution in [0.25, 0.3) is 0 Å². The molecular formula is C11H14N2O3S. The predicted molar refractivity (Wildman–Crippen MR) is 65.9 cm³/mol. The number of thiocarbonyl (C=S) groups is 1. The van der Waals surface area contributed by atoms with E-state index in [0.29, 0.717) is 31.0 Å². The molecule has 0 aliphatic carbocycles. The maximum atomic E-state index is 12.1. The highest BCUT2D eigenvalue weighted by molar-refractivity contribution is 7.80. The van der Waals surface area contributed by atoms with E-state index in [1.807, 2.05) is 0 Å². The first-order valence-electron chi connectivity index (χ1n) is 5.33. The van der Waals surface area contributed by atoms with Crippen LogP contribution < -0.4 is 5.73 Å². The fourth-order valence-electron chi connectivity index (χ4n) is 1.74. The van der Waals surface area contributed by atoms with Gasteiger partial charge in [-0.05, 0) is 13.0 Å². The van der Waals surface area contributed by atoms with Crippen LogP contribution in [-0.2, 0) is 4.74 Å². The van der Waals surface area contributed by atoms with Gasteiger partial charge in [0.2, 0.25) is 0 Å². The van der Waals surface area contributed by atoms with Crippen LogP contribution in [0, 0.1) is 6.92 Å². The number of ether oxygens (including phenoxy) is 1. The Morgan fingerprint density at radius 3 is 3.00 bits per heavy atom. The summed E-state index contributed by atoms with van der Waals surface area (Å²) in [4.78, 5) is 14.1. The first kappa shape index (κ1) is 12.1. The molecule has 2 N–H and O–H groups in total. The monoisotopic (exact) mass is 254 g/mol. The summed E-state index contributed by atoms with van der Waals surface area (Å²) in [5.41, 5.74) is 6.07.